The zero-order valence-corrected chi connectivity index (χ0v) is 14.7. The van der Waals surface area contributed by atoms with Crippen LogP contribution >= 0.6 is 12.2 Å². The van der Waals surface area contributed by atoms with Crippen molar-refractivity contribution in [3.8, 4) is 0 Å². The number of isothiocyanates is 1. The molecular weight excluding hydrogens is 274 g/mol. The number of nitrogens with zero attached hydrogens (tertiary/aromatic N) is 1. The fraction of sp³-hybridized carbons (Fsp3) is 0.947. The van der Waals surface area contributed by atoms with Gasteiger partial charge in [0.1, 0.15) is 0 Å². The third-order valence-electron chi connectivity index (χ3n) is 6.08. The van der Waals surface area contributed by atoms with E-state index in [0.717, 1.165) is 17.8 Å². The first-order chi connectivity index (χ1) is 10.3. The average molecular weight is 308 g/mol. The van der Waals surface area contributed by atoms with E-state index in [4.69, 9.17) is 12.2 Å². The van der Waals surface area contributed by atoms with Gasteiger partial charge in [-0.1, -0.05) is 64.7 Å². The summed E-state index contributed by atoms with van der Waals surface area (Å²) in [5, 5.41) is 2.57. The molecule has 0 aromatic carbocycles. The highest BCUT2D eigenvalue weighted by atomic mass is 32.1. The lowest BCUT2D eigenvalue weighted by Gasteiger charge is -2.32. The minimum absolute atomic E-state index is 0.485. The third kappa shape index (κ3) is 5.83. The van der Waals surface area contributed by atoms with Crippen molar-refractivity contribution in [3.63, 3.8) is 0 Å². The number of hydrogen-bond acceptors (Lipinski definition) is 2. The Morgan fingerprint density at radius 1 is 1.05 bits per heavy atom. The van der Waals surface area contributed by atoms with E-state index in [2.05, 4.69) is 17.1 Å². The molecule has 0 aromatic rings. The minimum Gasteiger partial charge on any atom is -0.229 e. The van der Waals surface area contributed by atoms with Crippen LogP contribution < -0.4 is 0 Å². The van der Waals surface area contributed by atoms with E-state index in [0.29, 0.717) is 6.04 Å². The Hall–Kier alpha value is -0.200. The number of rotatable bonds is 7. The van der Waals surface area contributed by atoms with Crippen LogP contribution in [-0.2, 0) is 0 Å². The van der Waals surface area contributed by atoms with Gasteiger partial charge in [0.25, 0.3) is 0 Å². The molecular formula is C19H33NS. The SMILES string of the molecule is CCC(CCCC1CCCCC1)C1CCC(N=C=S)CC1. The van der Waals surface area contributed by atoms with E-state index in [1.165, 1.54) is 83.5 Å². The van der Waals surface area contributed by atoms with Crippen LogP contribution in [-0.4, -0.2) is 11.2 Å². The van der Waals surface area contributed by atoms with Crippen molar-refractivity contribution >= 4 is 17.4 Å². The summed E-state index contributed by atoms with van der Waals surface area (Å²) in [5.74, 6) is 2.98. The molecule has 1 nitrogen and oxygen atoms in total. The van der Waals surface area contributed by atoms with Gasteiger partial charge in [-0.2, -0.15) is 0 Å². The first kappa shape index (κ1) is 17.2. The van der Waals surface area contributed by atoms with Crippen molar-refractivity contribution in [3.05, 3.63) is 0 Å². The van der Waals surface area contributed by atoms with Gasteiger partial charge in [0, 0.05) is 0 Å². The zero-order chi connectivity index (χ0) is 14.9. The molecule has 0 aliphatic heterocycles. The molecule has 2 rings (SSSR count). The van der Waals surface area contributed by atoms with Crippen LogP contribution in [0.5, 0.6) is 0 Å². The van der Waals surface area contributed by atoms with Crippen LogP contribution in [0.2, 0.25) is 0 Å². The van der Waals surface area contributed by atoms with Gasteiger partial charge >= 0.3 is 0 Å². The molecule has 0 heterocycles. The standard InChI is InChI=1S/C19H33NS/c1-2-17(10-6-9-16-7-4-3-5-8-16)18-11-13-19(14-12-18)20-15-21/h16-19H,2-14H2,1H3. The highest BCUT2D eigenvalue weighted by molar-refractivity contribution is 7.78. The second-order valence-electron chi connectivity index (χ2n) is 7.39. The zero-order valence-electron chi connectivity index (χ0n) is 13.9. The second kappa shape index (κ2) is 9.74. The van der Waals surface area contributed by atoms with Gasteiger partial charge in [-0.05, 0) is 55.7 Å². The predicted molar refractivity (Wildman–Crippen MR) is 95.0 cm³/mol. The highest BCUT2D eigenvalue weighted by Crippen LogP contribution is 2.36. The van der Waals surface area contributed by atoms with Crippen molar-refractivity contribution in [2.24, 2.45) is 22.7 Å². The lowest BCUT2D eigenvalue weighted by molar-refractivity contribution is 0.208. The summed E-state index contributed by atoms with van der Waals surface area (Å²) in [5.41, 5.74) is 0. The topological polar surface area (TPSA) is 12.4 Å². The molecule has 0 N–H and O–H groups in total. The molecule has 2 saturated carbocycles. The Morgan fingerprint density at radius 2 is 1.76 bits per heavy atom. The normalized spacial score (nSPS) is 28.8. The van der Waals surface area contributed by atoms with Crippen LogP contribution in [0.1, 0.15) is 90.4 Å². The Morgan fingerprint density at radius 3 is 2.38 bits per heavy atom. The molecule has 1 atom stereocenters. The van der Waals surface area contributed by atoms with E-state index in [1.807, 2.05) is 0 Å². The van der Waals surface area contributed by atoms with Crippen LogP contribution in [0, 0.1) is 17.8 Å². The third-order valence-corrected chi connectivity index (χ3v) is 6.19. The maximum Gasteiger partial charge on any atom is 0.0603 e. The van der Waals surface area contributed by atoms with E-state index in [-0.39, 0.29) is 0 Å². The van der Waals surface area contributed by atoms with Crippen LogP contribution in [0.15, 0.2) is 4.99 Å². The van der Waals surface area contributed by atoms with E-state index in [9.17, 15) is 0 Å². The predicted octanol–water partition coefficient (Wildman–Crippen LogP) is 6.42. The minimum atomic E-state index is 0.485. The highest BCUT2D eigenvalue weighted by Gasteiger charge is 2.26. The molecule has 0 amide bonds. The smallest absolute Gasteiger partial charge is 0.0603 e. The summed E-state index contributed by atoms with van der Waals surface area (Å²) in [6.07, 6.45) is 18.5. The van der Waals surface area contributed by atoms with Gasteiger partial charge in [0.2, 0.25) is 0 Å². The number of hydrogen-bond donors (Lipinski definition) is 0. The van der Waals surface area contributed by atoms with Crippen LogP contribution in [0.3, 0.4) is 0 Å². The fourth-order valence-electron chi connectivity index (χ4n) is 4.69. The number of thiocarbonyl (C=S) groups is 1. The summed E-state index contributed by atoms with van der Waals surface area (Å²) in [4.78, 5) is 4.29. The molecule has 2 aliphatic rings. The molecule has 1 unspecified atom stereocenters. The maximum atomic E-state index is 4.74. The van der Waals surface area contributed by atoms with E-state index < -0.39 is 0 Å². The molecule has 2 fully saturated rings. The van der Waals surface area contributed by atoms with Gasteiger partial charge in [0.05, 0.1) is 11.2 Å². The molecule has 2 aliphatic carbocycles. The first-order valence-corrected chi connectivity index (χ1v) is 9.81. The largest absolute Gasteiger partial charge is 0.229 e. The quantitative estimate of drug-likeness (QED) is 0.390. The maximum absolute atomic E-state index is 4.74. The molecule has 0 saturated heterocycles. The summed E-state index contributed by atoms with van der Waals surface area (Å²) < 4.78 is 0. The molecule has 2 heteroatoms. The van der Waals surface area contributed by atoms with Crippen molar-refractivity contribution in [2.75, 3.05) is 0 Å². The van der Waals surface area contributed by atoms with Gasteiger partial charge in [0.15, 0.2) is 0 Å². The Balaban J connectivity index is 1.66. The fourth-order valence-corrected chi connectivity index (χ4v) is 4.84. The number of aliphatic imine (C=N–C) groups is 1. The van der Waals surface area contributed by atoms with Gasteiger partial charge in [-0.3, -0.25) is 0 Å². The Bertz CT molecular complexity index is 320. The average Bonchev–Trinajstić information content (AvgIpc) is 2.54. The summed E-state index contributed by atoms with van der Waals surface area (Å²) >= 11 is 4.74. The van der Waals surface area contributed by atoms with E-state index >= 15 is 0 Å². The lowest BCUT2D eigenvalue weighted by atomic mass is 9.75. The summed E-state index contributed by atoms with van der Waals surface area (Å²) in [7, 11) is 0. The van der Waals surface area contributed by atoms with Gasteiger partial charge < -0.3 is 0 Å². The molecule has 0 spiro atoms. The Labute approximate surface area is 137 Å². The van der Waals surface area contributed by atoms with Crippen molar-refractivity contribution in [1.82, 2.24) is 0 Å². The molecule has 21 heavy (non-hydrogen) atoms. The summed E-state index contributed by atoms with van der Waals surface area (Å²) in [6, 6.07) is 0.485. The van der Waals surface area contributed by atoms with Crippen molar-refractivity contribution < 1.29 is 0 Å². The second-order valence-corrected chi connectivity index (χ2v) is 7.57. The summed E-state index contributed by atoms with van der Waals surface area (Å²) in [6.45, 7) is 2.40. The molecule has 0 aromatic heterocycles. The van der Waals surface area contributed by atoms with Gasteiger partial charge in [-0.25, -0.2) is 4.99 Å². The van der Waals surface area contributed by atoms with E-state index in [1.54, 1.807) is 0 Å². The van der Waals surface area contributed by atoms with Gasteiger partial charge in [-0.15, -0.1) is 0 Å². The molecule has 120 valence electrons. The van der Waals surface area contributed by atoms with Crippen LogP contribution in [0.4, 0.5) is 0 Å². The molecule has 0 bridgehead atoms. The monoisotopic (exact) mass is 307 g/mol. The van der Waals surface area contributed by atoms with Crippen LogP contribution in [0.25, 0.3) is 0 Å². The lowest BCUT2D eigenvalue weighted by Crippen LogP contribution is -2.23. The molecule has 0 radical (unpaired) electrons. The van der Waals surface area contributed by atoms with Crippen molar-refractivity contribution in [1.29, 1.82) is 0 Å². The van der Waals surface area contributed by atoms with Crippen molar-refractivity contribution in [2.45, 2.75) is 96.4 Å². The first-order valence-electron chi connectivity index (χ1n) is 9.40. The Kier molecular flexibility index (Phi) is 7.96.